The Bertz CT molecular complexity index is 813. The smallest absolute Gasteiger partial charge is 0.139 e. The van der Waals surface area contributed by atoms with Gasteiger partial charge in [0.25, 0.3) is 0 Å². The highest BCUT2D eigenvalue weighted by Crippen LogP contribution is 2.34. The Balaban J connectivity index is 1.69. The van der Waals surface area contributed by atoms with Crippen LogP contribution in [0.15, 0.2) is 54.6 Å². The molecule has 3 aromatic rings. The molecule has 1 aliphatic rings. The molecule has 0 spiro atoms. The number of hydrogen-bond acceptors (Lipinski definition) is 2. The Morgan fingerprint density at radius 2 is 1.86 bits per heavy atom. The maximum atomic E-state index is 6.30. The van der Waals surface area contributed by atoms with Gasteiger partial charge in [-0.15, -0.1) is 0 Å². The second-order valence-electron chi connectivity index (χ2n) is 5.45. The first-order valence-corrected chi connectivity index (χ1v) is 7.59. The lowest BCUT2D eigenvalue weighted by molar-refractivity contribution is 0.758. The molecule has 0 bridgehead atoms. The number of benzene rings is 2. The van der Waals surface area contributed by atoms with Gasteiger partial charge in [-0.05, 0) is 35.4 Å². The van der Waals surface area contributed by atoms with Crippen molar-refractivity contribution in [2.75, 3.05) is 5.32 Å². The van der Waals surface area contributed by atoms with Gasteiger partial charge in [-0.25, -0.2) is 4.98 Å². The number of anilines is 1. The standard InChI is InChI=1S/C18H15ClN2/c19-18-15-8-4-2-6-13(15)11-17(21-18)20-16-10-9-12-5-1-3-7-14(12)16/h1-8,11,16H,9-10H2,(H,20,21). The van der Waals surface area contributed by atoms with E-state index < -0.39 is 0 Å². The largest absolute Gasteiger partial charge is 0.363 e. The van der Waals surface area contributed by atoms with Crippen LogP contribution in [-0.2, 0) is 6.42 Å². The average molecular weight is 295 g/mol. The van der Waals surface area contributed by atoms with E-state index >= 15 is 0 Å². The number of nitrogens with zero attached hydrogens (tertiary/aromatic N) is 1. The highest BCUT2D eigenvalue weighted by molar-refractivity contribution is 6.34. The second kappa shape index (κ2) is 5.05. The molecule has 0 aliphatic heterocycles. The lowest BCUT2D eigenvalue weighted by atomic mass is 10.1. The fraction of sp³-hybridized carbons (Fsp3) is 0.167. The number of rotatable bonds is 2. The van der Waals surface area contributed by atoms with Gasteiger partial charge in [0.2, 0.25) is 0 Å². The Labute approximate surface area is 128 Å². The number of hydrogen-bond donors (Lipinski definition) is 1. The normalized spacial score (nSPS) is 16.9. The van der Waals surface area contributed by atoms with Crippen molar-refractivity contribution >= 4 is 28.2 Å². The van der Waals surface area contributed by atoms with Crippen molar-refractivity contribution in [2.45, 2.75) is 18.9 Å². The molecule has 2 aromatic carbocycles. The predicted octanol–water partition coefficient (Wildman–Crippen LogP) is 4.99. The zero-order chi connectivity index (χ0) is 14.2. The minimum atomic E-state index is 0.325. The third kappa shape index (κ3) is 2.26. The average Bonchev–Trinajstić information content (AvgIpc) is 2.91. The lowest BCUT2D eigenvalue weighted by Crippen LogP contribution is -2.08. The third-order valence-electron chi connectivity index (χ3n) is 4.15. The molecule has 104 valence electrons. The van der Waals surface area contributed by atoms with Gasteiger partial charge in [-0.2, -0.15) is 0 Å². The van der Waals surface area contributed by atoms with Gasteiger partial charge in [0.15, 0.2) is 0 Å². The monoisotopic (exact) mass is 294 g/mol. The summed E-state index contributed by atoms with van der Waals surface area (Å²) in [7, 11) is 0. The summed E-state index contributed by atoms with van der Waals surface area (Å²) in [5.41, 5.74) is 2.81. The quantitative estimate of drug-likeness (QED) is 0.674. The van der Waals surface area contributed by atoms with Crippen LogP contribution in [0.25, 0.3) is 10.8 Å². The fourth-order valence-corrected chi connectivity index (χ4v) is 3.38. The molecule has 0 amide bonds. The first-order valence-electron chi connectivity index (χ1n) is 7.21. The maximum absolute atomic E-state index is 6.30. The predicted molar refractivity (Wildman–Crippen MR) is 87.9 cm³/mol. The molecule has 0 fully saturated rings. The third-order valence-corrected chi connectivity index (χ3v) is 4.44. The van der Waals surface area contributed by atoms with Gasteiger partial charge in [0, 0.05) is 5.39 Å². The first kappa shape index (κ1) is 12.7. The van der Waals surface area contributed by atoms with Gasteiger partial charge >= 0.3 is 0 Å². The summed E-state index contributed by atoms with van der Waals surface area (Å²) in [6.07, 6.45) is 2.22. The molecule has 4 rings (SSSR count). The Hall–Kier alpha value is -2.06. The summed E-state index contributed by atoms with van der Waals surface area (Å²) in [6, 6.07) is 19.1. The van der Waals surface area contributed by atoms with E-state index in [1.54, 1.807) is 0 Å². The van der Waals surface area contributed by atoms with Gasteiger partial charge in [0.1, 0.15) is 11.0 Å². The van der Waals surface area contributed by atoms with Crippen LogP contribution in [0.5, 0.6) is 0 Å². The molecule has 0 saturated carbocycles. The molecule has 1 aromatic heterocycles. The van der Waals surface area contributed by atoms with Crippen molar-refractivity contribution in [2.24, 2.45) is 0 Å². The van der Waals surface area contributed by atoms with E-state index in [1.807, 2.05) is 18.2 Å². The molecular weight excluding hydrogens is 280 g/mol. The fourth-order valence-electron chi connectivity index (χ4n) is 3.12. The molecule has 1 N–H and O–H groups in total. The lowest BCUT2D eigenvalue weighted by Gasteiger charge is -2.15. The van der Waals surface area contributed by atoms with Crippen molar-refractivity contribution in [3.63, 3.8) is 0 Å². The van der Waals surface area contributed by atoms with Crippen LogP contribution in [0.3, 0.4) is 0 Å². The summed E-state index contributed by atoms with van der Waals surface area (Å²) < 4.78 is 0. The summed E-state index contributed by atoms with van der Waals surface area (Å²) in [5.74, 6) is 0.848. The molecule has 1 unspecified atom stereocenters. The summed E-state index contributed by atoms with van der Waals surface area (Å²) in [5, 5.41) is 6.21. The van der Waals surface area contributed by atoms with E-state index in [4.69, 9.17) is 11.6 Å². The first-order chi connectivity index (χ1) is 10.3. The minimum absolute atomic E-state index is 0.325. The highest BCUT2D eigenvalue weighted by Gasteiger charge is 2.22. The topological polar surface area (TPSA) is 24.9 Å². The molecular formula is C18H15ClN2. The van der Waals surface area contributed by atoms with E-state index in [0.29, 0.717) is 11.2 Å². The minimum Gasteiger partial charge on any atom is -0.363 e. The van der Waals surface area contributed by atoms with E-state index in [2.05, 4.69) is 46.7 Å². The molecule has 3 heteroatoms. The van der Waals surface area contributed by atoms with Gasteiger partial charge in [0.05, 0.1) is 6.04 Å². The van der Waals surface area contributed by atoms with E-state index in [9.17, 15) is 0 Å². The number of nitrogens with one attached hydrogen (secondary N) is 1. The van der Waals surface area contributed by atoms with Gasteiger partial charge < -0.3 is 5.32 Å². The van der Waals surface area contributed by atoms with E-state index in [0.717, 1.165) is 29.4 Å². The number of aryl methyl sites for hydroxylation is 1. The molecule has 1 heterocycles. The van der Waals surface area contributed by atoms with Crippen LogP contribution in [0, 0.1) is 0 Å². The van der Waals surface area contributed by atoms with Crippen molar-refractivity contribution in [3.05, 3.63) is 70.9 Å². The number of aromatic nitrogens is 1. The molecule has 1 atom stereocenters. The summed E-state index contributed by atoms with van der Waals surface area (Å²) >= 11 is 6.30. The summed E-state index contributed by atoms with van der Waals surface area (Å²) in [6.45, 7) is 0. The number of pyridine rings is 1. The van der Waals surface area contributed by atoms with Crippen LogP contribution in [-0.4, -0.2) is 4.98 Å². The van der Waals surface area contributed by atoms with E-state index in [-0.39, 0.29) is 0 Å². The Morgan fingerprint density at radius 3 is 2.81 bits per heavy atom. The van der Waals surface area contributed by atoms with Crippen LogP contribution < -0.4 is 5.32 Å². The Morgan fingerprint density at radius 1 is 1.05 bits per heavy atom. The van der Waals surface area contributed by atoms with Gasteiger partial charge in [-0.1, -0.05) is 60.1 Å². The Kier molecular flexibility index (Phi) is 3.04. The van der Waals surface area contributed by atoms with Crippen molar-refractivity contribution in [1.29, 1.82) is 0 Å². The second-order valence-corrected chi connectivity index (χ2v) is 5.81. The zero-order valence-corrected chi connectivity index (χ0v) is 12.3. The van der Waals surface area contributed by atoms with Crippen molar-refractivity contribution < 1.29 is 0 Å². The van der Waals surface area contributed by atoms with Crippen molar-refractivity contribution in [3.8, 4) is 0 Å². The van der Waals surface area contributed by atoms with Crippen LogP contribution >= 0.6 is 11.6 Å². The highest BCUT2D eigenvalue weighted by atomic mass is 35.5. The molecule has 0 radical (unpaired) electrons. The van der Waals surface area contributed by atoms with Crippen LogP contribution in [0.4, 0.5) is 5.82 Å². The maximum Gasteiger partial charge on any atom is 0.139 e. The number of halogens is 1. The molecule has 21 heavy (non-hydrogen) atoms. The molecule has 0 saturated heterocycles. The molecule has 1 aliphatic carbocycles. The SMILES string of the molecule is Clc1nc(NC2CCc3ccccc32)cc2ccccc12. The van der Waals surface area contributed by atoms with Crippen LogP contribution in [0.1, 0.15) is 23.6 Å². The van der Waals surface area contributed by atoms with E-state index in [1.165, 1.54) is 11.1 Å². The van der Waals surface area contributed by atoms with Crippen LogP contribution in [0.2, 0.25) is 5.15 Å². The summed E-state index contributed by atoms with van der Waals surface area (Å²) in [4.78, 5) is 4.49. The zero-order valence-electron chi connectivity index (χ0n) is 11.5. The molecule has 2 nitrogen and oxygen atoms in total. The van der Waals surface area contributed by atoms with Gasteiger partial charge in [-0.3, -0.25) is 0 Å². The van der Waals surface area contributed by atoms with Crippen molar-refractivity contribution in [1.82, 2.24) is 4.98 Å². The number of fused-ring (bicyclic) bond motifs is 2.